The van der Waals surface area contributed by atoms with Gasteiger partial charge in [-0.15, -0.1) is 0 Å². The van der Waals surface area contributed by atoms with Crippen LogP contribution in [-0.2, 0) is 4.79 Å². The Morgan fingerprint density at radius 2 is 2.11 bits per heavy atom. The van der Waals surface area contributed by atoms with Gasteiger partial charge in [0, 0.05) is 17.1 Å². The Balaban J connectivity index is 2.33. The quantitative estimate of drug-likeness (QED) is 0.575. The van der Waals surface area contributed by atoms with E-state index in [1.165, 1.54) is 19.3 Å². The van der Waals surface area contributed by atoms with Gasteiger partial charge in [-0.3, -0.25) is 4.79 Å². The number of halogens is 2. The summed E-state index contributed by atoms with van der Waals surface area (Å²) in [5.74, 6) is -0.00621. The molecule has 100 valence electrons. The molecule has 0 bridgehead atoms. The van der Waals surface area contributed by atoms with Gasteiger partial charge in [0.15, 0.2) is 5.15 Å². The number of carbonyl (C=O) groups excluding carboxylic acids is 1. The van der Waals surface area contributed by atoms with Crippen molar-refractivity contribution in [3.63, 3.8) is 0 Å². The Hall–Kier alpha value is -0.610. The van der Waals surface area contributed by atoms with Crippen LogP contribution in [0.3, 0.4) is 0 Å². The molecule has 1 amide bonds. The predicted molar refractivity (Wildman–Crippen MR) is 79.0 cm³/mol. The van der Waals surface area contributed by atoms with Crippen molar-refractivity contribution in [2.24, 2.45) is 0 Å². The van der Waals surface area contributed by atoms with Crippen LogP contribution in [0.25, 0.3) is 0 Å². The van der Waals surface area contributed by atoms with Crippen molar-refractivity contribution >= 4 is 39.1 Å². The van der Waals surface area contributed by atoms with E-state index in [0.717, 1.165) is 17.3 Å². The van der Waals surface area contributed by atoms with Gasteiger partial charge in [-0.1, -0.05) is 44.2 Å². The van der Waals surface area contributed by atoms with Gasteiger partial charge in [0.25, 0.3) is 0 Å². The van der Waals surface area contributed by atoms with Crippen LogP contribution in [0, 0.1) is 0 Å². The number of carbonyl (C=O) groups is 1. The summed E-state index contributed by atoms with van der Waals surface area (Å²) in [5, 5.41) is 3.10. The molecule has 5 heteroatoms. The number of nitrogens with zero attached hydrogens (tertiary/aromatic N) is 1. The van der Waals surface area contributed by atoms with Crippen LogP contribution in [0.2, 0.25) is 5.15 Å². The molecule has 3 nitrogen and oxygen atoms in total. The summed E-state index contributed by atoms with van der Waals surface area (Å²) in [6.45, 7) is 2.18. The van der Waals surface area contributed by atoms with Crippen molar-refractivity contribution in [3.05, 3.63) is 21.9 Å². The SMILES string of the molecule is CCCCCCCC(=O)Nc1cc(Br)cnc1Cl. The van der Waals surface area contributed by atoms with Crippen LogP contribution in [-0.4, -0.2) is 10.9 Å². The Morgan fingerprint density at radius 1 is 1.39 bits per heavy atom. The second-order valence-corrected chi connectivity index (χ2v) is 5.48. The van der Waals surface area contributed by atoms with Crippen LogP contribution in [0.5, 0.6) is 0 Å². The maximum absolute atomic E-state index is 11.7. The van der Waals surface area contributed by atoms with E-state index >= 15 is 0 Å². The molecule has 0 radical (unpaired) electrons. The van der Waals surface area contributed by atoms with E-state index in [4.69, 9.17) is 11.6 Å². The number of rotatable bonds is 7. The fraction of sp³-hybridized carbons (Fsp3) is 0.538. The minimum atomic E-state index is -0.00621. The first-order valence-electron chi connectivity index (χ1n) is 6.24. The number of anilines is 1. The van der Waals surface area contributed by atoms with E-state index in [1.807, 2.05) is 0 Å². The molecular formula is C13H18BrClN2O. The molecule has 0 saturated heterocycles. The molecule has 18 heavy (non-hydrogen) atoms. The van der Waals surface area contributed by atoms with Gasteiger partial charge in [0.2, 0.25) is 5.91 Å². The Labute approximate surface area is 121 Å². The number of pyridine rings is 1. The van der Waals surface area contributed by atoms with E-state index < -0.39 is 0 Å². The molecule has 1 aromatic rings. The molecule has 1 N–H and O–H groups in total. The number of amides is 1. The van der Waals surface area contributed by atoms with Crippen molar-refractivity contribution in [2.45, 2.75) is 45.4 Å². The van der Waals surface area contributed by atoms with E-state index in [1.54, 1.807) is 12.3 Å². The maximum atomic E-state index is 11.7. The summed E-state index contributed by atoms with van der Waals surface area (Å²) in [6.07, 6.45) is 7.81. The maximum Gasteiger partial charge on any atom is 0.224 e. The van der Waals surface area contributed by atoms with Crippen LogP contribution in [0.4, 0.5) is 5.69 Å². The zero-order valence-corrected chi connectivity index (χ0v) is 12.9. The van der Waals surface area contributed by atoms with Gasteiger partial charge in [0.05, 0.1) is 5.69 Å². The smallest absolute Gasteiger partial charge is 0.224 e. The molecule has 0 aromatic carbocycles. The summed E-state index contributed by atoms with van der Waals surface area (Å²) < 4.78 is 0.796. The van der Waals surface area contributed by atoms with Gasteiger partial charge in [0.1, 0.15) is 0 Å². The molecule has 0 aliphatic carbocycles. The summed E-state index contributed by atoms with van der Waals surface area (Å²) in [7, 11) is 0. The highest BCUT2D eigenvalue weighted by Crippen LogP contribution is 2.23. The first kappa shape index (κ1) is 15.4. The lowest BCUT2D eigenvalue weighted by molar-refractivity contribution is -0.116. The third-order valence-electron chi connectivity index (χ3n) is 2.59. The molecule has 0 saturated carbocycles. The van der Waals surface area contributed by atoms with Gasteiger partial charge in [-0.05, 0) is 28.4 Å². The highest BCUT2D eigenvalue weighted by atomic mass is 79.9. The molecule has 0 atom stereocenters. The Kier molecular flexibility index (Phi) is 7.28. The number of nitrogens with one attached hydrogen (secondary N) is 1. The molecule has 1 aromatic heterocycles. The summed E-state index contributed by atoms with van der Waals surface area (Å²) in [5.41, 5.74) is 0.560. The van der Waals surface area contributed by atoms with E-state index in [9.17, 15) is 4.79 Å². The number of unbranched alkanes of at least 4 members (excludes halogenated alkanes) is 4. The number of hydrogen-bond donors (Lipinski definition) is 1. The van der Waals surface area contributed by atoms with E-state index in [0.29, 0.717) is 17.3 Å². The number of aromatic nitrogens is 1. The molecule has 0 spiro atoms. The van der Waals surface area contributed by atoms with E-state index in [2.05, 4.69) is 33.2 Å². The van der Waals surface area contributed by atoms with Crippen molar-refractivity contribution in [2.75, 3.05) is 5.32 Å². The minimum Gasteiger partial charge on any atom is -0.323 e. The lowest BCUT2D eigenvalue weighted by Gasteiger charge is -2.06. The molecular weight excluding hydrogens is 316 g/mol. The third kappa shape index (κ3) is 5.83. The van der Waals surface area contributed by atoms with Crippen LogP contribution in [0.1, 0.15) is 45.4 Å². The molecule has 0 aliphatic rings. The second-order valence-electron chi connectivity index (χ2n) is 4.20. The highest BCUT2D eigenvalue weighted by molar-refractivity contribution is 9.10. The first-order valence-corrected chi connectivity index (χ1v) is 7.41. The molecule has 0 unspecified atom stereocenters. The normalized spacial score (nSPS) is 10.4. The van der Waals surface area contributed by atoms with Gasteiger partial charge >= 0.3 is 0 Å². The lowest BCUT2D eigenvalue weighted by Crippen LogP contribution is -2.11. The summed E-state index contributed by atoms with van der Waals surface area (Å²) in [6, 6.07) is 1.75. The summed E-state index contributed by atoms with van der Waals surface area (Å²) >= 11 is 9.19. The monoisotopic (exact) mass is 332 g/mol. The van der Waals surface area contributed by atoms with Gasteiger partial charge < -0.3 is 5.32 Å². The van der Waals surface area contributed by atoms with Crippen molar-refractivity contribution in [1.29, 1.82) is 0 Å². The van der Waals surface area contributed by atoms with Crippen LogP contribution < -0.4 is 5.32 Å². The molecule has 1 heterocycles. The topological polar surface area (TPSA) is 42.0 Å². The van der Waals surface area contributed by atoms with Crippen molar-refractivity contribution in [1.82, 2.24) is 4.98 Å². The largest absolute Gasteiger partial charge is 0.323 e. The zero-order chi connectivity index (χ0) is 13.4. The molecule has 0 fully saturated rings. The van der Waals surface area contributed by atoms with Crippen molar-refractivity contribution in [3.8, 4) is 0 Å². The first-order chi connectivity index (χ1) is 8.63. The zero-order valence-electron chi connectivity index (χ0n) is 10.5. The van der Waals surface area contributed by atoms with Crippen LogP contribution in [0.15, 0.2) is 16.7 Å². The predicted octanol–water partition coefficient (Wildman–Crippen LogP) is 4.80. The molecule has 1 rings (SSSR count). The van der Waals surface area contributed by atoms with Crippen molar-refractivity contribution < 1.29 is 4.79 Å². The third-order valence-corrected chi connectivity index (χ3v) is 3.32. The fourth-order valence-electron chi connectivity index (χ4n) is 1.61. The average molecular weight is 334 g/mol. The Morgan fingerprint density at radius 3 is 2.83 bits per heavy atom. The lowest BCUT2D eigenvalue weighted by atomic mass is 10.1. The average Bonchev–Trinajstić information content (AvgIpc) is 2.33. The Bertz CT molecular complexity index is 399. The second kappa shape index (κ2) is 8.48. The van der Waals surface area contributed by atoms with Crippen LogP contribution >= 0.6 is 27.5 Å². The van der Waals surface area contributed by atoms with E-state index in [-0.39, 0.29) is 5.91 Å². The molecule has 0 aliphatic heterocycles. The standard InChI is InChI=1S/C13H18BrClN2O/c1-2-3-4-5-6-7-12(18)17-11-8-10(14)9-16-13(11)15/h8-9H,2-7H2,1H3,(H,17,18). The summed E-state index contributed by atoms with van der Waals surface area (Å²) in [4.78, 5) is 15.7. The van der Waals surface area contributed by atoms with Gasteiger partial charge in [-0.25, -0.2) is 4.98 Å². The van der Waals surface area contributed by atoms with Gasteiger partial charge in [-0.2, -0.15) is 0 Å². The highest BCUT2D eigenvalue weighted by Gasteiger charge is 2.07. The minimum absolute atomic E-state index is 0.00621. The fourth-order valence-corrected chi connectivity index (χ4v) is 2.09. The number of hydrogen-bond acceptors (Lipinski definition) is 2.